The number of ether oxygens (including phenoxy) is 2. The van der Waals surface area contributed by atoms with Gasteiger partial charge < -0.3 is 19.7 Å². The molecule has 2 aromatic rings. The van der Waals surface area contributed by atoms with Crippen LogP contribution in [0.1, 0.15) is 15.9 Å². The van der Waals surface area contributed by atoms with Gasteiger partial charge in [0, 0.05) is 24.8 Å². The van der Waals surface area contributed by atoms with Crippen LogP contribution in [0.3, 0.4) is 0 Å². The highest BCUT2D eigenvalue weighted by molar-refractivity contribution is 5.94. The SMILES string of the molecule is COc1ccc(OCCN(C)C(=O)c2ccc3c(c2)CCN3)cc1. The van der Waals surface area contributed by atoms with E-state index in [9.17, 15) is 4.79 Å². The number of hydrogen-bond donors (Lipinski definition) is 1. The molecule has 24 heavy (non-hydrogen) atoms. The van der Waals surface area contributed by atoms with Crippen LogP contribution in [0.25, 0.3) is 0 Å². The monoisotopic (exact) mass is 326 g/mol. The van der Waals surface area contributed by atoms with Crippen molar-refractivity contribution in [2.45, 2.75) is 6.42 Å². The molecular weight excluding hydrogens is 304 g/mol. The van der Waals surface area contributed by atoms with E-state index in [2.05, 4.69) is 5.32 Å². The van der Waals surface area contributed by atoms with Crippen molar-refractivity contribution < 1.29 is 14.3 Å². The molecule has 3 rings (SSSR count). The largest absolute Gasteiger partial charge is 0.497 e. The van der Waals surface area contributed by atoms with Gasteiger partial charge in [0.15, 0.2) is 0 Å². The molecule has 5 nitrogen and oxygen atoms in total. The zero-order valence-corrected chi connectivity index (χ0v) is 14.0. The Morgan fingerprint density at radius 3 is 2.67 bits per heavy atom. The number of nitrogens with one attached hydrogen (secondary N) is 1. The molecule has 126 valence electrons. The minimum atomic E-state index is 0.0167. The average Bonchev–Trinajstić information content (AvgIpc) is 3.09. The predicted molar refractivity (Wildman–Crippen MR) is 94.1 cm³/mol. The molecule has 1 aliphatic rings. The van der Waals surface area contributed by atoms with Crippen molar-refractivity contribution in [1.29, 1.82) is 0 Å². The summed E-state index contributed by atoms with van der Waals surface area (Å²) in [4.78, 5) is 14.2. The first kappa shape index (κ1) is 16.2. The summed E-state index contributed by atoms with van der Waals surface area (Å²) < 4.78 is 10.8. The van der Waals surface area contributed by atoms with Crippen LogP contribution in [-0.2, 0) is 6.42 Å². The minimum absolute atomic E-state index is 0.0167. The molecule has 0 spiro atoms. The van der Waals surface area contributed by atoms with Gasteiger partial charge in [-0.1, -0.05) is 0 Å². The summed E-state index contributed by atoms with van der Waals surface area (Å²) in [6.07, 6.45) is 0.973. The van der Waals surface area contributed by atoms with Gasteiger partial charge in [-0.3, -0.25) is 4.79 Å². The number of benzene rings is 2. The van der Waals surface area contributed by atoms with E-state index >= 15 is 0 Å². The third kappa shape index (κ3) is 3.62. The Morgan fingerprint density at radius 2 is 1.92 bits per heavy atom. The lowest BCUT2D eigenvalue weighted by molar-refractivity contribution is 0.0773. The number of carbonyl (C=O) groups excluding carboxylic acids is 1. The lowest BCUT2D eigenvalue weighted by atomic mass is 10.1. The maximum Gasteiger partial charge on any atom is 0.253 e. The van der Waals surface area contributed by atoms with Crippen LogP contribution in [0, 0.1) is 0 Å². The van der Waals surface area contributed by atoms with Crippen LogP contribution < -0.4 is 14.8 Å². The molecule has 0 saturated heterocycles. The first-order valence-corrected chi connectivity index (χ1v) is 8.06. The molecule has 1 aliphatic heterocycles. The Balaban J connectivity index is 1.52. The van der Waals surface area contributed by atoms with Crippen LogP contribution in [-0.4, -0.2) is 44.7 Å². The fourth-order valence-electron chi connectivity index (χ4n) is 2.73. The van der Waals surface area contributed by atoms with Gasteiger partial charge in [-0.05, 0) is 54.4 Å². The summed E-state index contributed by atoms with van der Waals surface area (Å²) in [6.45, 7) is 1.92. The number of anilines is 1. The number of rotatable bonds is 6. The van der Waals surface area contributed by atoms with Gasteiger partial charge in [0.25, 0.3) is 5.91 Å². The van der Waals surface area contributed by atoms with Crippen LogP contribution in [0.4, 0.5) is 5.69 Å². The quantitative estimate of drug-likeness (QED) is 0.887. The second-order valence-electron chi connectivity index (χ2n) is 5.80. The van der Waals surface area contributed by atoms with Crippen LogP contribution >= 0.6 is 0 Å². The first-order valence-electron chi connectivity index (χ1n) is 8.06. The van der Waals surface area contributed by atoms with Crippen molar-refractivity contribution >= 4 is 11.6 Å². The molecule has 0 bridgehead atoms. The molecular formula is C19H22N2O3. The standard InChI is InChI=1S/C19H22N2O3/c1-21(11-12-24-17-6-4-16(23-2)5-7-17)19(22)15-3-8-18-14(13-15)9-10-20-18/h3-8,13,20H,9-12H2,1-2H3. The molecule has 2 aromatic carbocycles. The summed E-state index contributed by atoms with van der Waals surface area (Å²) >= 11 is 0. The van der Waals surface area contributed by atoms with Crippen molar-refractivity contribution in [3.63, 3.8) is 0 Å². The van der Waals surface area contributed by atoms with Crippen molar-refractivity contribution in [3.05, 3.63) is 53.6 Å². The van der Waals surface area contributed by atoms with Crippen molar-refractivity contribution in [1.82, 2.24) is 4.90 Å². The van der Waals surface area contributed by atoms with Gasteiger partial charge in [0.1, 0.15) is 18.1 Å². The lowest BCUT2D eigenvalue weighted by Crippen LogP contribution is -2.30. The Kier molecular flexibility index (Phi) is 4.89. The number of amides is 1. The maximum atomic E-state index is 12.5. The lowest BCUT2D eigenvalue weighted by Gasteiger charge is -2.18. The summed E-state index contributed by atoms with van der Waals surface area (Å²) in [5.74, 6) is 1.57. The third-order valence-electron chi connectivity index (χ3n) is 4.16. The van der Waals surface area contributed by atoms with E-state index in [1.807, 2.05) is 42.5 Å². The predicted octanol–water partition coefficient (Wildman–Crippen LogP) is 2.81. The number of hydrogen-bond acceptors (Lipinski definition) is 4. The van der Waals surface area contributed by atoms with Crippen LogP contribution in [0.15, 0.2) is 42.5 Å². The summed E-state index contributed by atoms with van der Waals surface area (Å²) in [6, 6.07) is 13.3. The summed E-state index contributed by atoms with van der Waals surface area (Å²) in [5.41, 5.74) is 3.07. The number of methoxy groups -OCH3 is 1. The Bertz CT molecular complexity index is 713. The van der Waals surface area contributed by atoms with Gasteiger partial charge in [-0.25, -0.2) is 0 Å². The second kappa shape index (κ2) is 7.25. The van der Waals surface area contributed by atoms with E-state index in [0.717, 1.165) is 35.7 Å². The third-order valence-corrected chi connectivity index (χ3v) is 4.16. The fourth-order valence-corrected chi connectivity index (χ4v) is 2.73. The molecule has 0 atom stereocenters. The van der Waals surface area contributed by atoms with Crippen LogP contribution in [0.5, 0.6) is 11.5 Å². The molecule has 0 saturated carbocycles. The molecule has 0 aliphatic carbocycles. The molecule has 1 amide bonds. The maximum absolute atomic E-state index is 12.5. The van der Waals surface area contributed by atoms with E-state index < -0.39 is 0 Å². The Hall–Kier alpha value is -2.69. The van der Waals surface area contributed by atoms with Gasteiger partial charge in [0.2, 0.25) is 0 Å². The number of fused-ring (bicyclic) bond motifs is 1. The molecule has 0 radical (unpaired) electrons. The molecule has 5 heteroatoms. The second-order valence-corrected chi connectivity index (χ2v) is 5.80. The molecule has 1 heterocycles. The molecule has 0 unspecified atom stereocenters. The molecule has 0 fully saturated rings. The van der Waals surface area contributed by atoms with Crippen molar-refractivity contribution in [2.24, 2.45) is 0 Å². The number of carbonyl (C=O) groups is 1. The highest BCUT2D eigenvalue weighted by atomic mass is 16.5. The minimum Gasteiger partial charge on any atom is -0.497 e. The van der Waals surface area contributed by atoms with E-state index in [4.69, 9.17) is 9.47 Å². The molecule has 1 N–H and O–H groups in total. The van der Waals surface area contributed by atoms with Gasteiger partial charge in [-0.2, -0.15) is 0 Å². The van der Waals surface area contributed by atoms with E-state index in [-0.39, 0.29) is 5.91 Å². The normalized spacial score (nSPS) is 12.2. The zero-order chi connectivity index (χ0) is 16.9. The Labute approximate surface area is 142 Å². The van der Waals surface area contributed by atoms with Crippen molar-refractivity contribution in [3.8, 4) is 11.5 Å². The average molecular weight is 326 g/mol. The van der Waals surface area contributed by atoms with Gasteiger partial charge in [0.05, 0.1) is 13.7 Å². The number of nitrogens with zero attached hydrogens (tertiary/aromatic N) is 1. The highest BCUT2D eigenvalue weighted by Crippen LogP contribution is 2.23. The first-order chi connectivity index (χ1) is 11.7. The highest BCUT2D eigenvalue weighted by Gasteiger charge is 2.16. The fraction of sp³-hybridized carbons (Fsp3) is 0.316. The Morgan fingerprint density at radius 1 is 1.17 bits per heavy atom. The summed E-state index contributed by atoms with van der Waals surface area (Å²) in [5, 5.41) is 3.30. The van der Waals surface area contributed by atoms with Gasteiger partial charge >= 0.3 is 0 Å². The topological polar surface area (TPSA) is 50.8 Å². The van der Waals surface area contributed by atoms with E-state index in [0.29, 0.717) is 13.2 Å². The summed E-state index contributed by atoms with van der Waals surface area (Å²) in [7, 11) is 3.43. The molecule has 0 aromatic heterocycles. The van der Waals surface area contributed by atoms with Gasteiger partial charge in [-0.15, -0.1) is 0 Å². The van der Waals surface area contributed by atoms with E-state index in [1.165, 1.54) is 5.56 Å². The smallest absolute Gasteiger partial charge is 0.253 e. The van der Waals surface area contributed by atoms with Crippen molar-refractivity contribution in [2.75, 3.05) is 39.2 Å². The van der Waals surface area contributed by atoms with Crippen LogP contribution in [0.2, 0.25) is 0 Å². The number of likely N-dealkylation sites (N-methyl/N-ethyl adjacent to an activating group) is 1. The zero-order valence-electron chi connectivity index (χ0n) is 14.0. The van der Waals surface area contributed by atoms with E-state index in [1.54, 1.807) is 19.1 Å².